The monoisotopic (exact) mass is 430 g/mol. The van der Waals surface area contributed by atoms with Crippen molar-refractivity contribution in [2.75, 3.05) is 0 Å². The van der Waals surface area contributed by atoms with Gasteiger partial charge in [-0.15, -0.1) is 0 Å². The number of benzene rings is 1. The molecule has 0 bridgehead atoms. The maximum atomic E-state index is 6.74. The topological polar surface area (TPSA) is 18.5 Å². The van der Waals surface area contributed by atoms with Gasteiger partial charge in [-0.05, 0) is 124 Å². The van der Waals surface area contributed by atoms with E-state index in [1.807, 2.05) is 0 Å². The zero-order valence-corrected chi connectivity index (χ0v) is 22.0. The zero-order chi connectivity index (χ0) is 21.2. The SMILES string of the molecule is C[C@H]1C[C@@H]2[C@H](CC[C@]3(C)[C@@H](O[Si](C)(C)C)CC[C@@H]23)c2ccc(O[Si](C)(C)C)cc21. The molecule has 0 heterocycles. The van der Waals surface area contributed by atoms with Crippen molar-refractivity contribution >= 4 is 16.6 Å². The van der Waals surface area contributed by atoms with Crippen LogP contribution in [0.4, 0.5) is 0 Å². The van der Waals surface area contributed by atoms with Gasteiger partial charge in [-0.25, -0.2) is 0 Å². The van der Waals surface area contributed by atoms with E-state index in [9.17, 15) is 0 Å². The van der Waals surface area contributed by atoms with Crippen LogP contribution in [0.3, 0.4) is 0 Å². The van der Waals surface area contributed by atoms with E-state index in [0.717, 1.165) is 23.5 Å². The first-order valence-corrected chi connectivity index (χ1v) is 18.7. The third kappa shape index (κ3) is 4.14. The van der Waals surface area contributed by atoms with Gasteiger partial charge in [-0.2, -0.15) is 0 Å². The average molecular weight is 431 g/mol. The molecule has 29 heavy (non-hydrogen) atoms. The molecule has 0 N–H and O–H groups in total. The van der Waals surface area contributed by atoms with Gasteiger partial charge in [0.05, 0.1) is 6.10 Å². The predicted octanol–water partition coefficient (Wildman–Crippen LogP) is 7.54. The van der Waals surface area contributed by atoms with Crippen molar-refractivity contribution in [2.45, 2.75) is 103 Å². The molecule has 2 saturated carbocycles. The predicted molar refractivity (Wildman–Crippen MR) is 128 cm³/mol. The van der Waals surface area contributed by atoms with E-state index in [-0.39, 0.29) is 0 Å². The summed E-state index contributed by atoms with van der Waals surface area (Å²) >= 11 is 0. The van der Waals surface area contributed by atoms with Crippen molar-refractivity contribution in [3.63, 3.8) is 0 Å². The lowest BCUT2D eigenvalue weighted by Gasteiger charge is -2.52. The Balaban J connectivity index is 1.60. The Hall–Kier alpha value is -0.586. The lowest BCUT2D eigenvalue weighted by molar-refractivity contribution is -0.0161. The number of rotatable bonds is 4. The maximum absolute atomic E-state index is 6.74. The molecule has 3 aliphatic carbocycles. The minimum Gasteiger partial charge on any atom is -0.544 e. The van der Waals surface area contributed by atoms with Gasteiger partial charge in [0.25, 0.3) is 0 Å². The van der Waals surface area contributed by atoms with E-state index < -0.39 is 16.6 Å². The minimum atomic E-state index is -1.57. The van der Waals surface area contributed by atoms with E-state index in [2.05, 4.69) is 71.3 Å². The summed E-state index contributed by atoms with van der Waals surface area (Å²) in [7, 11) is -3.06. The molecule has 4 heteroatoms. The van der Waals surface area contributed by atoms with E-state index in [1.54, 1.807) is 11.1 Å². The number of hydrogen-bond donors (Lipinski definition) is 0. The van der Waals surface area contributed by atoms with Gasteiger partial charge in [0.2, 0.25) is 8.32 Å². The van der Waals surface area contributed by atoms with Gasteiger partial charge in [0, 0.05) is 0 Å². The highest BCUT2D eigenvalue weighted by molar-refractivity contribution is 6.70. The standard InChI is InChI=1S/C25H42O2Si2/c1-17-15-22-20(19-10-9-18(16-21(17)19)26-28(3,4)5)13-14-25(2)23(22)11-12-24(25)27-29(6,7)8/h9-10,16-17,20,22-24H,11-15H2,1-8H3/t17-,20+,22+,23-,24-,25-/m0/s1. The van der Waals surface area contributed by atoms with Crippen molar-refractivity contribution in [3.8, 4) is 5.75 Å². The van der Waals surface area contributed by atoms with Crippen molar-refractivity contribution in [1.29, 1.82) is 0 Å². The van der Waals surface area contributed by atoms with Crippen molar-refractivity contribution in [3.05, 3.63) is 29.3 Å². The molecule has 0 saturated heterocycles. The van der Waals surface area contributed by atoms with Crippen LogP contribution < -0.4 is 4.43 Å². The van der Waals surface area contributed by atoms with E-state index in [0.29, 0.717) is 17.4 Å². The van der Waals surface area contributed by atoms with E-state index in [4.69, 9.17) is 8.85 Å². The Bertz CT molecular complexity index is 763. The molecule has 1 aromatic rings. The molecule has 4 rings (SSSR count). The zero-order valence-electron chi connectivity index (χ0n) is 20.0. The van der Waals surface area contributed by atoms with Gasteiger partial charge in [0.1, 0.15) is 5.75 Å². The molecule has 162 valence electrons. The van der Waals surface area contributed by atoms with E-state index >= 15 is 0 Å². The summed E-state index contributed by atoms with van der Waals surface area (Å²) in [6.45, 7) is 18.9. The smallest absolute Gasteiger partial charge is 0.242 e. The van der Waals surface area contributed by atoms with Crippen LogP contribution in [0.25, 0.3) is 0 Å². The minimum absolute atomic E-state index is 0.388. The summed E-state index contributed by atoms with van der Waals surface area (Å²) in [6, 6.07) is 7.06. The summed E-state index contributed by atoms with van der Waals surface area (Å²) in [5.41, 5.74) is 3.59. The largest absolute Gasteiger partial charge is 0.544 e. The van der Waals surface area contributed by atoms with Gasteiger partial charge >= 0.3 is 0 Å². The summed E-state index contributed by atoms with van der Waals surface area (Å²) in [6.07, 6.45) is 7.13. The van der Waals surface area contributed by atoms with E-state index in [1.165, 1.54) is 32.1 Å². The highest BCUT2D eigenvalue weighted by atomic mass is 28.4. The van der Waals surface area contributed by atoms with Gasteiger partial charge in [0.15, 0.2) is 8.32 Å². The van der Waals surface area contributed by atoms with Gasteiger partial charge in [-0.3, -0.25) is 0 Å². The number of hydrogen-bond acceptors (Lipinski definition) is 2. The Morgan fingerprint density at radius 3 is 2.31 bits per heavy atom. The summed E-state index contributed by atoms with van der Waals surface area (Å²) in [5.74, 6) is 4.13. The quantitative estimate of drug-likeness (QED) is 0.459. The van der Waals surface area contributed by atoms with Crippen molar-refractivity contribution in [1.82, 2.24) is 0 Å². The summed E-state index contributed by atoms with van der Waals surface area (Å²) < 4.78 is 13.1. The fourth-order valence-electron chi connectivity index (χ4n) is 6.84. The maximum Gasteiger partial charge on any atom is 0.242 e. The van der Waals surface area contributed by atoms with Gasteiger partial charge in [-0.1, -0.05) is 19.9 Å². The second-order valence-electron chi connectivity index (χ2n) is 12.4. The van der Waals surface area contributed by atoms with Crippen LogP contribution in [0.2, 0.25) is 39.3 Å². The molecule has 0 unspecified atom stereocenters. The molecule has 6 atom stereocenters. The lowest BCUT2D eigenvalue weighted by atomic mass is 9.54. The first kappa shape index (κ1) is 21.6. The molecule has 2 nitrogen and oxygen atoms in total. The summed E-state index contributed by atoms with van der Waals surface area (Å²) in [4.78, 5) is 0. The third-order valence-corrected chi connectivity index (χ3v) is 9.72. The van der Waals surface area contributed by atoms with Crippen LogP contribution in [0.5, 0.6) is 5.75 Å². The third-order valence-electron chi connectivity index (χ3n) is 7.88. The highest BCUT2D eigenvalue weighted by Gasteiger charge is 2.56. The molecule has 0 aliphatic heterocycles. The van der Waals surface area contributed by atoms with Crippen LogP contribution in [-0.2, 0) is 4.43 Å². The molecular weight excluding hydrogens is 388 g/mol. The second-order valence-corrected chi connectivity index (χ2v) is 21.2. The lowest BCUT2D eigenvalue weighted by Crippen LogP contribution is -2.47. The van der Waals surface area contributed by atoms with Crippen LogP contribution in [-0.4, -0.2) is 22.7 Å². The Labute approximate surface area is 181 Å². The van der Waals surface area contributed by atoms with Crippen LogP contribution >= 0.6 is 0 Å². The van der Waals surface area contributed by atoms with Gasteiger partial charge < -0.3 is 8.85 Å². The first-order valence-electron chi connectivity index (χ1n) is 11.9. The second kappa shape index (κ2) is 7.24. The van der Waals surface area contributed by atoms with Crippen LogP contribution in [0, 0.1) is 17.3 Å². The fourth-order valence-corrected chi connectivity index (χ4v) is 8.92. The number of fused-ring (bicyclic) bond motifs is 5. The molecule has 1 aromatic carbocycles. The summed E-state index contributed by atoms with van der Waals surface area (Å²) in [5, 5.41) is 0. The highest BCUT2D eigenvalue weighted by Crippen LogP contribution is 2.63. The fraction of sp³-hybridized carbons (Fsp3) is 0.760. The van der Waals surface area contributed by atoms with Crippen molar-refractivity contribution < 1.29 is 8.85 Å². The molecule has 0 aromatic heterocycles. The normalized spacial score (nSPS) is 36.9. The molecule has 0 radical (unpaired) electrons. The molecule has 2 fully saturated rings. The first-order chi connectivity index (χ1) is 13.4. The average Bonchev–Trinajstić information content (AvgIpc) is 2.89. The molecule has 0 amide bonds. The van der Waals surface area contributed by atoms with Crippen LogP contribution in [0.15, 0.2) is 18.2 Å². The Morgan fingerprint density at radius 1 is 0.931 bits per heavy atom. The Morgan fingerprint density at radius 2 is 1.66 bits per heavy atom. The van der Waals surface area contributed by atoms with Crippen LogP contribution in [0.1, 0.15) is 68.9 Å². The van der Waals surface area contributed by atoms with Crippen molar-refractivity contribution in [2.24, 2.45) is 17.3 Å². The molecule has 0 spiro atoms. The Kier molecular flexibility index (Phi) is 5.40. The molecular formula is C25H42O2Si2. The molecule has 3 aliphatic rings.